The Bertz CT molecular complexity index is 448. The lowest BCUT2D eigenvalue weighted by Crippen LogP contribution is -2.38. The zero-order valence-electron chi connectivity index (χ0n) is 14.7. The molecule has 7 heteroatoms. The normalized spacial score (nSPS) is 19.6. The van der Waals surface area contributed by atoms with Crippen LogP contribution in [0.2, 0.25) is 0 Å². The topological polar surface area (TPSA) is 75.7 Å². The number of thioether (sulfide) groups is 1. The van der Waals surface area contributed by atoms with Crippen LogP contribution in [-0.4, -0.2) is 53.0 Å². The molecule has 0 radical (unpaired) electrons. The van der Waals surface area contributed by atoms with Crippen LogP contribution < -0.4 is 5.32 Å². The standard InChI is InChI=1S/C16H28N2O4S/c1-11(7-17-15(21)22-16(3,4)5)8-18-9-13(6-14(18)20)10-23-12(2)19/h11,13H,6-10H2,1-5H3,(H,17,21). The molecule has 1 fully saturated rings. The fourth-order valence-electron chi connectivity index (χ4n) is 2.39. The van der Waals surface area contributed by atoms with Gasteiger partial charge in [-0.3, -0.25) is 9.59 Å². The number of ether oxygens (including phenoxy) is 1. The maximum absolute atomic E-state index is 12.0. The van der Waals surface area contributed by atoms with E-state index in [4.69, 9.17) is 4.74 Å². The van der Waals surface area contributed by atoms with Gasteiger partial charge in [-0.1, -0.05) is 18.7 Å². The Hall–Kier alpha value is -1.24. The lowest BCUT2D eigenvalue weighted by Gasteiger charge is -2.23. The lowest BCUT2D eigenvalue weighted by atomic mass is 10.1. The maximum Gasteiger partial charge on any atom is 0.407 e. The molecule has 6 nitrogen and oxygen atoms in total. The molecule has 1 aliphatic rings. The predicted octanol–water partition coefficient (Wildman–Crippen LogP) is 2.28. The fraction of sp³-hybridized carbons (Fsp3) is 0.812. The Morgan fingerprint density at radius 2 is 2.09 bits per heavy atom. The van der Waals surface area contributed by atoms with Crippen LogP contribution in [-0.2, 0) is 14.3 Å². The molecular formula is C16H28N2O4S. The third kappa shape index (κ3) is 8.25. The lowest BCUT2D eigenvalue weighted by molar-refractivity contribution is -0.128. The zero-order valence-corrected chi connectivity index (χ0v) is 15.5. The van der Waals surface area contributed by atoms with Crippen molar-refractivity contribution in [2.75, 3.05) is 25.4 Å². The Labute approximate surface area is 142 Å². The Morgan fingerprint density at radius 1 is 1.43 bits per heavy atom. The summed E-state index contributed by atoms with van der Waals surface area (Å²) >= 11 is 1.28. The van der Waals surface area contributed by atoms with Crippen LogP contribution in [0.5, 0.6) is 0 Å². The van der Waals surface area contributed by atoms with Gasteiger partial charge in [0, 0.05) is 38.7 Å². The van der Waals surface area contributed by atoms with Gasteiger partial charge < -0.3 is 15.0 Å². The first-order valence-electron chi connectivity index (χ1n) is 7.95. The second-order valence-corrected chi connectivity index (χ2v) is 8.36. The van der Waals surface area contributed by atoms with Crippen LogP contribution in [0.4, 0.5) is 4.79 Å². The van der Waals surface area contributed by atoms with Crippen LogP contribution in [0, 0.1) is 11.8 Å². The van der Waals surface area contributed by atoms with Crippen molar-refractivity contribution in [3.8, 4) is 0 Å². The maximum atomic E-state index is 12.0. The highest BCUT2D eigenvalue weighted by Crippen LogP contribution is 2.23. The van der Waals surface area contributed by atoms with E-state index in [1.165, 1.54) is 11.8 Å². The van der Waals surface area contributed by atoms with E-state index in [0.29, 0.717) is 31.8 Å². The smallest absolute Gasteiger partial charge is 0.407 e. The molecule has 2 unspecified atom stereocenters. The summed E-state index contributed by atoms with van der Waals surface area (Å²) in [7, 11) is 0. The zero-order chi connectivity index (χ0) is 17.6. The highest BCUT2D eigenvalue weighted by molar-refractivity contribution is 8.13. The van der Waals surface area contributed by atoms with E-state index in [2.05, 4.69) is 5.32 Å². The van der Waals surface area contributed by atoms with Crippen LogP contribution in [0.25, 0.3) is 0 Å². The minimum atomic E-state index is -0.514. The summed E-state index contributed by atoms with van der Waals surface area (Å²) in [4.78, 5) is 36.5. The second-order valence-electron chi connectivity index (χ2n) is 7.16. The third-order valence-electron chi connectivity index (χ3n) is 3.34. The van der Waals surface area contributed by atoms with Crippen molar-refractivity contribution < 1.29 is 19.1 Å². The molecule has 0 spiro atoms. The number of carbonyl (C=O) groups excluding carboxylic acids is 3. The number of carbonyl (C=O) groups is 3. The largest absolute Gasteiger partial charge is 0.444 e. The molecule has 0 bridgehead atoms. The van der Waals surface area contributed by atoms with Gasteiger partial charge in [0.25, 0.3) is 0 Å². The molecular weight excluding hydrogens is 316 g/mol. The van der Waals surface area contributed by atoms with E-state index >= 15 is 0 Å². The van der Waals surface area contributed by atoms with Gasteiger partial charge >= 0.3 is 6.09 Å². The number of hydrogen-bond donors (Lipinski definition) is 1. The van der Waals surface area contributed by atoms with Gasteiger partial charge in [0.1, 0.15) is 5.60 Å². The summed E-state index contributed by atoms with van der Waals surface area (Å²) in [6, 6.07) is 0. The molecule has 0 aromatic rings. The van der Waals surface area contributed by atoms with Crippen molar-refractivity contribution in [2.24, 2.45) is 11.8 Å². The summed E-state index contributed by atoms with van der Waals surface area (Å²) in [6.45, 7) is 10.7. The highest BCUT2D eigenvalue weighted by Gasteiger charge is 2.30. The van der Waals surface area contributed by atoms with Crippen molar-refractivity contribution in [1.29, 1.82) is 0 Å². The highest BCUT2D eigenvalue weighted by atomic mass is 32.2. The Balaban J connectivity index is 2.31. The van der Waals surface area contributed by atoms with Gasteiger partial charge in [0.15, 0.2) is 5.12 Å². The van der Waals surface area contributed by atoms with Crippen LogP contribution >= 0.6 is 11.8 Å². The molecule has 0 aliphatic carbocycles. The van der Waals surface area contributed by atoms with Crippen molar-refractivity contribution in [1.82, 2.24) is 10.2 Å². The Kier molecular flexibility index (Phi) is 7.38. The van der Waals surface area contributed by atoms with E-state index in [1.54, 1.807) is 6.92 Å². The summed E-state index contributed by atoms with van der Waals surface area (Å²) in [5.74, 6) is 1.21. The Morgan fingerprint density at radius 3 is 2.65 bits per heavy atom. The van der Waals surface area contributed by atoms with Crippen molar-refractivity contribution in [3.63, 3.8) is 0 Å². The number of likely N-dealkylation sites (tertiary alicyclic amines) is 1. The minimum absolute atomic E-state index is 0.0887. The second kappa shape index (κ2) is 8.57. The van der Waals surface area contributed by atoms with E-state index in [0.717, 1.165) is 0 Å². The van der Waals surface area contributed by atoms with E-state index in [9.17, 15) is 14.4 Å². The molecule has 1 N–H and O–H groups in total. The van der Waals surface area contributed by atoms with Gasteiger partial charge in [0.2, 0.25) is 5.91 Å². The predicted molar refractivity (Wildman–Crippen MR) is 91.2 cm³/mol. The molecule has 2 atom stereocenters. The number of nitrogens with one attached hydrogen (secondary N) is 1. The molecule has 0 aromatic heterocycles. The molecule has 1 aliphatic heterocycles. The first-order chi connectivity index (χ1) is 10.6. The van der Waals surface area contributed by atoms with Crippen molar-refractivity contribution in [3.05, 3.63) is 0 Å². The molecule has 1 rings (SSSR count). The first kappa shape index (κ1) is 19.8. The number of rotatable bonds is 6. The SMILES string of the molecule is CC(=O)SCC1CC(=O)N(CC(C)CNC(=O)OC(C)(C)C)C1. The van der Waals surface area contributed by atoms with Gasteiger partial charge in [-0.05, 0) is 32.6 Å². The monoisotopic (exact) mass is 344 g/mol. The first-order valence-corrected chi connectivity index (χ1v) is 8.93. The quantitative estimate of drug-likeness (QED) is 0.800. The van der Waals surface area contributed by atoms with Crippen LogP contribution in [0.15, 0.2) is 0 Å². The van der Waals surface area contributed by atoms with Crippen molar-refractivity contribution >= 4 is 28.9 Å². The average molecular weight is 344 g/mol. The van der Waals surface area contributed by atoms with E-state index in [1.807, 2.05) is 32.6 Å². The molecule has 1 saturated heterocycles. The van der Waals surface area contributed by atoms with Gasteiger partial charge in [-0.15, -0.1) is 0 Å². The molecule has 0 saturated carbocycles. The average Bonchev–Trinajstić information content (AvgIpc) is 2.73. The van der Waals surface area contributed by atoms with Crippen LogP contribution in [0.3, 0.4) is 0 Å². The summed E-state index contributed by atoms with van der Waals surface area (Å²) in [5.41, 5.74) is -0.514. The minimum Gasteiger partial charge on any atom is -0.444 e. The molecule has 0 aromatic carbocycles. The summed E-state index contributed by atoms with van der Waals surface area (Å²) < 4.78 is 5.19. The van der Waals surface area contributed by atoms with Gasteiger partial charge in [-0.25, -0.2) is 4.79 Å². The number of nitrogens with zero attached hydrogens (tertiary/aromatic N) is 1. The van der Waals surface area contributed by atoms with Crippen LogP contribution in [0.1, 0.15) is 41.0 Å². The van der Waals surface area contributed by atoms with Gasteiger partial charge in [0.05, 0.1) is 0 Å². The van der Waals surface area contributed by atoms with E-state index < -0.39 is 11.7 Å². The van der Waals surface area contributed by atoms with Crippen molar-refractivity contribution in [2.45, 2.75) is 46.6 Å². The third-order valence-corrected chi connectivity index (χ3v) is 4.39. The molecule has 132 valence electrons. The fourth-order valence-corrected chi connectivity index (χ4v) is 3.08. The number of hydrogen-bond acceptors (Lipinski definition) is 5. The molecule has 2 amide bonds. The number of amides is 2. The van der Waals surface area contributed by atoms with E-state index in [-0.39, 0.29) is 22.9 Å². The summed E-state index contributed by atoms with van der Waals surface area (Å²) in [6.07, 6.45) is 0.0693. The summed E-state index contributed by atoms with van der Waals surface area (Å²) in [5, 5.41) is 2.82. The molecule has 1 heterocycles. The molecule has 23 heavy (non-hydrogen) atoms. The number of alkyl carbamates (subject to hydrolysis) is 1. The van der Waals surface area contributed by atoms with Gasteiger partial charge in [-0.2, -0.15) is 0 Å².